The van der Waals surface area contributed by atoms with Crippen molar-refractivity contribution < 1.29 is 10.0 Å². The average molecular weight is 303 g/mol. The third-order valence-electron chi connectivity index (χ3n) is 2.34. The summed E-state index contributed by atoms with van der Waals surface area (Å²) in [6, 6.07) is 4.86. The molecule has 0 atom stereocenters. The van der Waals surface area contributed by atoms with Crippen molar-refractivity contribution >= 4 is 27.3 Å². The van der Waals surface area contributed by atoms with E-state index in [1.807, 2.05) is 13.8 Å². The van der Waals surface area contributed by atoms with E-state index < -0.39 is 4.92 Å². The summed E-state index contributed by atoms with van der Waals surface area (Å²) in [5, 5.41) is 22.9. The van der Waals surface area contributed by atoms with Crippen molar-refractivity contribution in [3.63, 3.8) is 0 Å². The molecule has 0 aliphatic rings. The lowest BCUT2D eigenvalue weighted by Crippen LogP contribution is -2.26. The predicted octanol–water partition coefficient (Wildman–Crippen LogP) is 2.79. The molecule has 94 valence electrons. The van der Waals surface area contributed by atoms with Crippen LogP contribution in [0.3, 0.4) is 0 Å². The zero-order valence-electron chi connectivity index (χ0n) is 9.74. The maximum Gasteiger partial charge on any atom is 0.285 e. The highest BCUT2D eigenvalue weighted by atomic mass is 79.9. The molecule has 0 radical (unpaired) electrons. The second kappa shape index (κ2) is 5.46. The van der Waals surface area contributed by atoms with Crippen LogP contribution < -0.4 is 5.32 Å². The van der Waals surface area contributed by atoms with Gasteiger partial charge in [0.25, 0.3) is 5.69 Å². The van der Waals surface area contributed by atoms with Crippen molar-refractivity contribution in [1.82, 2.24) is 0 Å². The Morgan fingerprint density at radius 1 is 1.53 bits per heavy atom. The largest absolute Gasteiger partial charge is 0.396 e. The van der Waals surface area contributed by atoms with Gasteiger partial charge in [-0.15, -0.1) is 0 Å². The van der Waals surface area contributed by atoms with Crippen molar-refractivity contribution in [2.45, 2.75) is 13.8 Å². The summed E-state index contributed by atoms with van der Waals surface area (Å²) >= 11 is 3.13. The van der Waals surface area contributed by atoms with E-state index in [1.165, 1.54) is 6.07 Å². The van der Waals surface area contributed by atoms with Crippen molar-refractivity contribution in [3.05, 3.63) is 32.8 Å². The number of hydrogen-bond donors (Lipinski definition) is 2. The molecule has 1 aromatic carbocycles. The van der Waals surface area contributed by atoms with Crippen LogP contribution in [-0.4, -0.2) is 23.2 Å². The first-order chi connectivity index (χ1) is 7.85. The molecule has 1 rings (SSSR count). The van der Waals surface area contributed by atoms with Crippen LogP contribution in [0.1, 0.15) is 13.8 Å². The molecule has 0 saturated heterocycles. The van der Waals surface area contributed by atoms with Crippen LogP contribution in [0.15, 0.2) is 22.7 Å². The van der Waals surface area contributed by atoms with E-state index >= 15 is 0 Å². The van der Waals surface area contributed by atoms with Gasteiger partial charge in [0.2, 0.25) is 0 Å². The molecular formula is C11H15BrN2O3. The van der Waals surface area contributed by atoms with Gasteiger partial charge < -0.3 is 10.4 Å². The van der Waals surface area contributed by atoms with Crippen LogP contribution in [-0.2, 0) is 0 Å². The molecule has 0 bridgehead atoms. The standard InChI is InChI=1S/C11H15BrN2O3/c1-11(2,7-15)6-13-8-3-4-9(12)10(5-8)14(16)17/h3-5,13,15H,6-7H2,1-2H3. The first-order valence-corrected chi connectivity index (χ1v) is 5.94. The SMILES string of the molecule is CC(C)(CO)CNc1ccc(Br)c([N+](=O)[O-])c1. The number of rotatable bonds is 5. The van der Waals surface area contributed by atoms with Crippen molar-refractivity contribution in [2.24, 2.45) is 5.41 Å². The maximum atomic E-state index is 10.7. The third kappa shape index (κ3) is 3.98. The summed E-state index contributed by atoms with van der Waals surface area (Å²) in [5.41, 5.74) is 0.431. The summed E-state index contributed by atoms with van der Waals surface area (Å²) in [6.45, 7) is 4.42. The minimum absolute atomic E-state index is 0.0248. The second-order valence-electron chi connectivity index (χ2n) is 4.60. The monoisotopic (exact) mass is 302 g/mol. The van der Waals surface area contributed by atoms with Gasteiger partial charge in [-0.3, -0.25) is 10.1 Å². The first-order valence-electron chi connectivity index (χ1n) is 5.14. The van der Waals surface area contributed by atoms with Gasteiger partial charge in [0.15, 0.2) is 0 Å². The van der Waals surface area contributed by atoms with E-state index in [9.17, 15) is 10.1 Å². The molecular weight excluding hydrogens is 288 g/mol. The minimum Gasteiger partial charge on any atom is -0.396 e. The highest BCUT2D eigenvalue weighted by Gasteiger charge is 2.17. The Hall–Kier alpha value is -1.14. The summed E-state index contributed by atoms with van der Waals surface area (Å²) in [4.78, 5) is 10.3. The number of halogens is 1. The van der Waals surface area contributed by atoms with Gasteiger partial charge in [0.1, 0.15) is 0 Å². The Morgan fingerprint density at radius 2 is 2.18 bits per heavy atom. The molecule has 0 amide bonds. The summed E-state index contributed by atoms with van der Waals surface area (Å²) in [6.07, 6.45) is 0. The van der Waals surface area contributed by atoms with Crippen molar-refractivity contribution in [2.75, 3.05) is 18.5 Å². The number of aliphatic hydroxyl groups is 1. The van der Waals surface area contributed by atoms with E-state index in [1.54, 1.807) is 12.1 Å². The number of hydrogen-bond acceptors (Lipinski definition) is 4. The van der Waals surface area contributed by atoms with Gasteiger partial charge in [-0.05, 0) is 28.1 Å². The third-order valence-corrected chi connectivity index (χ3v) is 3.01. The van der Waals surface area contributed by atoms with Gasteiger partial charge in [0, 0.05) is 30.3 Å². The normalized spacial score (nSPS) is 11.3. The molecule has 0 spiro atoms. The molecule has 6 heteroatoms. The van der Waals surface area contributed by atoms with E-state index in [0.717, 1.165) is 0 Å². The molecule has 0 fully saturated rings. The Kier molecular flexibility index (Phi) is 4.47. The fraction of sp³-hybridized carbons (Fsp3) is 0.455. The first kappa shape index (κ1) is 13.9. The van der Waals surface area contributed by atoms with Crippen LogP contribution in [0, 0.1) is 15.5 Å². The topological polar surface area (TPSA) is 75.4 Å². The molecule has 5 nitrogen and oxygen atoms in total. The number of nitrogens with one attached hydrogen (secondary N) is 1. The van der Waals surface area contributed by atoms with Gasteiger partial charge >= 0.3 is 0 Å². The number of anilines is 1. The van der Waals surface area contributed by atoms with Gasteiger partial charge in [-0.2, -0.15) is 0 Å². The second-order valence-corrected chi connectivity index (χ2v) is 5.45. The van der Waals surface area contributed by atoms with Crippen molar-refractivity contribution in [1.29, 1.82) is 0 Å². The molecule has 2 N–H and O–H groups in total. The molecule has 0 aliphatic carbocycles. The number of aliphatic hydroxyl groups excluding tert-OH is 1. The summed E-state index contributed by atoms with van der Waals surface area (Å²) in [5.74, 6) is 0. The Morgan fingerprint density at radius 3 is 2.71 bits per heavy atom. The fourth-order valence-electron chi connectivity index (χ4n) is 1.16. The molecule has 1 aromatic rings. The zero-order valence-corrected chi connectivity index (χ0v) is 11.3. The average Bonchev–Trinajstić information content (AvgIpc) is 2.27. The smallest absolute Gasteiger partial charge is 0.285 e. The van der Waals surface area contributed by atoms with Crippen LogP contribution in [0.5, 0.6) is 0 Å². The zero-order chi connectivity index (χ0) is 13.1. The highest BCUT2D eigenvalue weighted by molar-refractivity contribution is 9.10. The highest BCUT2D eigenvalue weighted by Crippen LogP contribution is 2.28. The van der Waals surface area contributed by atoms with Gasteiger partial charge in [-0.25, -0.2) is 0 Å². The van der Waals surface area contributed by atoms with Crippen LogP contribution in [0.2, 0.25) is 0 Å². The number of benzene rings is 1. The lowest BCUT2D eigenvalue weighted by molar-refractivity contribution is -0.385. The number of nitrogens with zero attached hydrogens (tertiary/aromatic N) is 1. The number of nitro groups is 1. The molecule has 0 saturated carbocycles. The molecule has 17 heavy (non-hydrogen) atoms. The Balaban J connectivity index is 2.80. The molecule has 0 aromatic heterocycles. The lowest BCUT2D eigenvalue weighted by atomic mass is 9.95. The van der Waals surface area contributed by atoms with E-state index in [2.05, 4.69) is 21.2 Å². The Labute approximate surface area is 108 Å². The van der Waals surface area contributed by atoms with E-state index in [4.69, 9.17) is 5.11 Å². The Bertz CT molecular complexity index is 421. The number of nitro benzene ring substituents is 1. The van der Waals surface area contributed by atoms with Crippen LogP contribution in [0.4, 0.5) is 11.4 Å². The van der Waals surface area contributed by atoms with E-state index in [-0.39, 0.29) is 17.7 Å². The maximum absolute atomic E-state index is 10.7. The predicted molar refractivity (Wildman–Crippen MR) is 70.2 cm³/mol. The van der Waals surface area contributed by atoms with Gasteiger partial charge in [0.05, 0.1) is 9.40 Å². The molecule has 0 heterocycles. The van der Waals surface area contributed by atoms with Gasteiger partial charge in [-0.1, -0.05) is 13.8 Å². The minimum atomic E-state index is -0.438. The van der Waals surface area contributed by atoms with Crippen LogP contribution in [0.25, 0.3) is 0 Å². The van der Waals surface area contributed by atoms with Crippen LogP contribution >= 0.6 is 15.9 Å². The van der Waals surface area contributed by atoms with Crippen molar-refractivity contribution in [3.8, 4) is 0 Å². The van der Waals surface area contributed by atoms with E-state index in [0.29, 0.717) is 16.7 Å². The summed E-state index contributed by atoms with van der Waals surface area (Å²) in [7, 11) is 0. The fourth-order valence-corrected chi connectivity index (χ4v) is 1.55. The quantitative estimate of drug-likeness (QED) is 0.648. The molecule has 0 aliphatic heterocycles. The lowest BCUT2D eigenvalue weighted by Gasteiger charge is -2.22. The molecule has 0 unspecified atom stereocenters. The summed E-state index contributed by atoms with van der Waals surface area (Å²) < 4.78 is 0.453.